The Kier molecular flexibility index (Phi) is 4.97. The van der Waals surface area contributed by atoms with Crippen LogP contribution in [0.4, 0.5) is 0 Å². The molecule has 0 amide bonds. The Morgan fingerprint density at radius 1 is 1.00 bits per heavy atom. The average Bonchev–Trinajstić information content (AvgIpc) is 3.08. The van der Waals surface area contributed by atoms with Gasteiger partial charge in [-0.1, -0.05) is 13.8 Å². The molecule has 2 saturated heterocycles. The Balaban J connectivity index is 1.49. The molecule has 1 aromatic heterocycles. The maximum Gasteiger partial charge on any atom is 0.303 e. The summed E-state index contributed by atoms with van der Waals surface area (Å²) in [5, 5.41) is 12.6. The molecule has 9 heteroatoms. The molecule has 1 N–H and O–H groups in total. The normalized spacial score (nSPS) is 52.2. The van der Waals surface area contributed by atoms with Crippen LogP contribution in [0.2, 0.25) is 0 Å². The zero-order valence-electron chi connectivity index (χ0n) is 23.4. The number of furan rings is 1. The molecule has 6 fully saturated rings. The van der Waals surface area contributed by atoms with E-state index in [0.717, 1.165) is 5.56 Å². The van der Waals surface area contributed by atoms with Crippen molar-refractivity contribution in [2.24, 2.45) is 28.1 Å². The maximum absolute atomic E-state index is 13.1. The maximum atomic E-state index is 13.1. The van der Waals surface area contributed by atoms with Crippen molar-refractivity contribution in [1.29, 1.82) is 0 Å². The van der Waals surface area contributed by atoms with Gasteiger partial charge in [-0.2, -0.15) is 0 Å². The molecule has 6 aliphatic rings. The number of epoxide rings is 1. The first kappa shape index (κ1) is 25.7. The van der Waals surface area contributed by atoms with Crippen molar-refractivity contribution in [2.75, 3.05) is 0 Å². The van der Waals surface area contributed by atoms with Gasteiger partial charge in [-0.3, -0.25) is 14.4 Å². The molecule has 7 rings (SSSR count). The average molecular weight is 543 g/mol. The summed E-state index contributed by atoms with van der Waals surface area (Å²) in [4.78, 5) is 38.4. The number of hydrogen-bond donors (Lipinski definition) is 1. The molecular formula is C30H38O9. The molecule has 212 valence electrons. The summed E-state index contributed by atoms with van der Waals surface area (Å²) in [6, 6.07) is 1.91. The molecule has 12 atom stereocenters. The second-order valence-corrected chi connectivity index (χ2v) is 13.9. The SMILES string of the molecule is CC(=O)OC1CC2C(C)(C)OC3CC(=O)CC32C2C(O)C(OC(C)=O)C3(C)C(c4ccoc4)CC4OC43C12C. The Bertz CT molecular complexity index is 1250. The van der Waals surface area contributed by atoms with Crippen LogP contribution >= 0.6 is 0 Å². The largest absolute Gasteiger partial charge is 0.472 e. The number of aliphatic hydroxyl groups excluding tert-OH is 1. The highest BCUT2D eigenvalue weighted by molar-refractivity contribution is 5.83. The number of ketones is 1. The lowest BCUT2D eigenvalue weighted by Crippen LogP contribution is -2.77. The molecule has 12 unspecified atom stereocenters. The number of carbonyl (C=O) groups excluding carboxylic acids is 3. The molecule has 4 saturated carbocycles. The first-order chi connectivity index (χ1) is 18.2. The van der Waals surface area contributed by atoms with Gasteiger partial charge in [0.05, 0.1) is 36.4 Å². The van der Waals surface area contributed by atoms with E-state index in [-0.39, 0.29) is 42.7 Å². The summed E-state index contributed by atoms with van der Waals surface area (Å²) in [6.07, 6.45) is 1.81. The highest BCUT2D eigenvalue weighted by Gasteiger charge is 2.92. The molecule has 0 aromatic carbocycles. The van der Waals surface area contributed by atoms with Crippen molar-refractivity contribution in [2.45, 2.75) is 115 Å². The molecular weight excluding hydrogens is 504 g/mol. The van der Waals surface area contributed by atoms with Crippen LogP contribution in [0.25, 0.3) is 0 Å². The van der Waals surface area contributed by atoms with E-state index < -0.39 is 63.6 Å². The van der Waals surface area contributed by atoms with Crippen LogP contribution in [0.5, 0.6) is 0 Å². The highest BCUT2D eigenvalue weighted by atomic mass is 16.6. The summed E-state index contributed by atoms with van der Waals surface area (Å²) in [7, 11) is 0. The van der Waals surface area contributed by atoms with Crippen LogP contribution in [-0.2, 0) is 33.3 Å². The number of aliphatic hydroxyl groups is 1. The summed E-state index contributed by atoms with van der Waals surface area (Å²) in [5.41, 5.74) is -2.95. The summed E-state index contributed by atoms with van der Waals surface area (Å²) < 4.78 is 31.1. The zero-order chi connectivity index (χ0) is 27.9. The summed E-state index contributed by atoms with van der Waals surface area (Å²) in [5.74, 6) is -1.64. The minimum atomic E-state index is -1.14. The first-order valence-corrected chi connectivity index (χ1v) is 14.2. The molecule has 4 aliphatic carbocycles. The van der Waals surface area contributed by atoms with Crippen LogP contribution in [0.15, 0.2) is 23.0 Å². The van der Waals surface area contributed by atoms with Gasteiger partial charge in [0, 0.05) is 54.8 Å². The Morgan fingerprint density at radius 2 is 1.72 bits per heavy atom. The van der Waals surface area contributed by atoms with E-state index in [1.807, 2.05) is 26.8 Å². The predicted octanol–water partition coefficient (Wildman–Crippen LogP) is 3.32. The lowest BCUT2D eigenvalue weighted by Gasteiger charge is -2.68. The van der Waals surface area contributed by atoms with Gasteiger partial charge in [-0.25, -0.2) is 0 Å². The van der Waals surface area contributed by atoms with Gasteiger partial charge in [0.15, 0.2) is 0 Å². The van der Waals surface area contributed by atoms with Crippen molar-refractivity contribution in [3.05, 3.63) is 24.2 Å². The number of esters is 2. The molecule has 39 heavy (non-hydrogen) atoms. The Hall–Kier alpha value is -2.23. The second-order valence-electron chi connectivity index (χ2n) is 13.9. The minimum Gasteiger partial charge on any atom is -0.472 e. The fourth-order valence-electron chi connectivity index (χ4n) is 11.2. The minimum absolute atomic E-state index is 0.104. The van der Waals surface area contributed by atoms with E-state index in [4.69, 9.17) is 23.4 Å². The van der Waals surface area contributed by atoms with Crippen molar-refractivity contribution in [1.82, 2.24) is 0 Å². The number of hydrogen-bond acceptors (Lipinski definition) is 9. The standard InChI is InChI=1S/C30H38O9/c1-14(31)36-20-11-19-26(3,4)38-21-9-17(33)12-29(19,21)24-23(34)25(37-15(2)32)27(5)18(16-7-8-35-13-16)10-22-30(27,39-22)28(20,24)6/h7-8,13,18-25,34H,9-12H2,1-6H3. The van der Waals surface area contributed by atoms with E-state index in [1.54, 1.807) is 12.5 Å². The van der Waals surface area contributed by atoms with Gasteiger partial charge >= 0.3 is 11.9 Å². The van der Waals surface area contributed by atoms with Crippen molar-refractivity contribution in [3.8, 4) is 0 Å². The fourth-order valence-corrected chi connectivity index (χ4v) is 11.2. The second kappa shape index (κ2) is 7.53. The van der Waals surface area contributed by atoms with Gasteiger partial charge in [-0.15, -0.1) is 0 Å². The van der Waals surface area contributed by atoms with Gasteiger partial charge in [0.2, 0.25) is 0 Å². The zero-order valence-corrected chi connectivity index (χ0v) is 23.4. The van der Waals surface area contributed by atoms with E-state index in [0.29, 0.717) is 12.8 Å². The van der Waals surface area contributed by atoms with Gasteiger partial charge in [0.25, 0.3) is 0 Å². The van der Waals surface area contributed by atoms with Gasteiger partial charge < -0.3 is 28.5 Å². The molecule has 1 aromatic rings. The topological polar surface area (TPSA) is 125 Å². The number of rotatable bonds is 3. The molecule has 2 aliphatic heterocycles. The van der Waals surface area contributed by atoms with Crippen LogP contribution in [0.3, 0.4) is 0 Å². The van der Waals surface area contributed by atoms with Crippen molar-refractivity contribution >= 4 is 17.7 Å². The first-order valence-electron chi connectivity index (χ1n) is 14.2. The molecule has 2 spiro atoms. The predicted molar refractivity (Wildman–Crippen MR) is 134 cm³/mol. The molecule has 0 radical (unpaired) electrons. The van der Waals surface area contributed by atoms with Crippen LogP contribution in [0.1, 0.15) is 78.7 Å². The van der Waals surface area contributed by atoms with Crippen LogP contribution in [0, 0.1) is 28.1 Å². The third kappa shape index (κ3) is 2.75. The van der Waals surface area contributed by atoms with E-state index in [9.17, 15) is 19.5 Å². The lowest BCUT2D eigenvalue weighted by molar-refractivity contribution is -0.295. The van der Waals surface area contributed by atoms with Crippen molar-refractivity contribution in [3.63, 3.8) is 0 Å². The lowest BCUT2D eigenvalue weighted by atomic mass is 9.36. The third-order valence-corrected chi connectivity index (χ3v) is 12.1. The third-order valence-electron chi connectivity index (χ3n) is 12.1. The number of ether oxygens (including phenoxy) is 4. The fraction of sp³-hybridized carbons (Fsp3) is 0.767. The molecule has 0 bridgehead atoms. The number of fused-ring (bicyclic) bond motifs is 1. The quantitative estimate of drug-likeness (QED) is 0.452. The number of carbonyl (C=O) groups is 3. The van der Waals surface area contributed by atoms with E-state index in [2.05, 4.69) is 6.92 Å². The molecule has 9 nitrogen and oxygen atoms in total. The monoisotopic (exact) mass is 542 g/mol. The number of Topliss-reactive ketones (excluding diaryl/α,β-unsaturated/α-hetero) is 1. The Labute approximate surface area is 227 Å². The highest BCUT2D eigenvalue weighted by Crippen LogP contribution is 2.84. The van der Waals surface area contributed by atoms with Crippen molar-refractivity contribution < 1.29 is 42.9 Å². The summed E-state index contributed by atoms with van der Waals surface area (Å²) >= 11 is 0. The summed E-state index contributed by atoms with van der Waals surface area (Å²) in [6.45, 7) is 10.9. The smallest absolute Gasteiger partial charge is 0.303 e. The Morgan fingerprint density at radius 3 is 2.36 bits per heavy atom. The van der Waals surface area contributed by atoms with Crippen LogP contribution in [-0.4, -0.2) is 64.6 Å². The van der Waals surface area contributed by atoms with Gasteiger partial charge in [-0.05, 0) is 44.2 Å². The molecule has 3 heterocycles. The van der Waals surface area contributed by atoms with Crippen LogP contribution < -0.4 is 0 Å². The van der Waals surface area contributed by atoms with E-state index in [1.165, 1.54) is 13.8 Å². The van der Waals surface area contributed by atoms with E-state index >= 15 is 0 Å². The van der Waals surface area contributed by atoms with Gasteiger partial charge in [0.1, 0.15) is 23.6 Å².